The molecule has 0 bridgehead atoms. The molecule has 28 heavy (non-hydrogen) atoms. The van der Waals surface area contributed by atoms with E-state index in [0.29, 0.717) is 0 Å². The molecular formula is C22H19BrN4O. The molecule has 5 nitrogen and oxygen atoms in total. The standard InChI is InChI=1S/C22H19BrN4O/c1-28-19-8-5-15(6-9-19)13-24-17-7-10-21-20(12-17)22(26-14-25-21)27-18-4-2-3-16(23)11-18/h2-12,14,24H,13H2,1H3,(H,25,26,27). The average Bonchev–Trinajstić information content (AvgIpc) is 2.73. The maximum atomic E-state index is 5.21. The lowest BCUT2D eigenvalue weighted by atomic mass is 10.2. The molecule has 2 N–H and O–H groups in total. The largest absolute Gasteiger partial charge is 0.497 e. The lowest BCUT2D eigenvalue weighted by molar-refractivity contribution is 0.414. The Bertz CT molecular complexity index is 1100. The predicted octanol–water partition coefficient (Wildman–Crippen LogP) is 5.76. The number of hydrogen-bond acceptors (Lipinski definition) is 5. The molecule has 4 aromatic rings. The van der Waals surface area contributed by atoms with Crippen LogP contribution in [0.3, 0.4) is 0 Å². The third-order valence-electron chi connectivity index (χ3n) is 4.38. The highest BCUT2D eigenvalue weighted by atomic mass is 79.9. The first kappa shape index (κ1) is 18.3. The fourth-order valence-corrected chi connectivity index (χ4v) is 3.32. The van der Waals surface area contributed by atoms with E-state index in [9.17, 15) is 0 Å². The Labute approximate surface area is 171 Å². The summed E-state index contributed by atoms with van der Waals surface area (Å²) in [5, 5.41) is 7.80. The first-order valence-electron chi connectivity index (χ1n) is 8.85. The van der Waals surface area contributed by atoms with Crippen LogP contribution in [0.15, 0.2) is 77.5 Å². The van der Waals surface area contributed by atoms with Gasteiger partial charge >= 0.3 is 0 Å². The summed E-state index contributed by atoms with van der Waals surface area (Å²) < 4.78 is 6.22. The molecule has 0 spiro atoms. The second-order valence-corrected chi connectivity index (χ2v) is 7.21. The summed E-state index contributed by atoms with van der Waals surface area (Å²) in [6, 6.07) is 22.1. The molecule has 4 rings (SSSR count). The fraction of sp³-hybridized carbons (Fsp3) is 0.0909. The third kappa shape index (κ3) is 4.23. The Hall–Kier alpha value is -3.12. The van der Waals surface area contributed by atoms with Crippen LogP contribution in [0.1, 0.15) is 5.56 Å². The lowest BCUT2D eigenvalue weighted by Gasteiger charge is -2.11. The van der Waals surface area contributed by atoms with E-state index < -0.39 is 0 Å². The third-order valence-corrected chi connectivity index (χ3v) is 4.87. The molecule has 0 atom stereocenters. The van der Waals surface area contributed by atoms with Gasteiger partial charge in [0.2, 0.25) is 0 Å². The summed E-state index contributed by atoms with van der Waals surface area (Å²) in [5.41, 5.74) is 4.04. The highest BCUT2D eigenvalue weighted by Crippen LogP contribution is 2.27. The van der Waals surface area contributed by atoms with E-state index in [4.69, 9.17) is 4.74 Å². The topological polar surface area (TPSA) is 59.1 Å². The summed E-state index contributed by atoms with van der Waals surface area (Å²) in [4.78, 5) is 8.81. The monoisotopic (exact) mass is 434 g/mol. The zero-order chi connectivity index (χ0) is 19.3. The molecule has 0 fully saturated rings. The minimum absolute atomic E-state index is 0.720. The number of fused-ring (bicyclic) bond motifs is 1. The highest BCUT2D eigenvalue weighted by Gasteiger charge is 2.06. The second kappa shape index (κ2) is 8.27. The summed E-state index contributed by atoms with van der Waals surface area (Å²) in [6.45, 7) is 0.720. The van der Waals surface area contributed by atoms with Gasteiger partial charge in [0.15, 0.2) is 0 Å². The van der Waals surface area contributed by atoms with Crippen molar-refractivity contribution < 1.29 is 4.74 Å². The summed E-state index contributed by atoms with van der Waals surface area (Å²) >= 11 is 3.50. The highest BCUT2D eigenvalue weighted by molar-refractivity contribution is 9.10. The van der Waals surface area contributed by atoms with Gasteiger partial charge < -0.3 is 15.4 Å². The van der Waals surface area contributed by atoms with Gasteiger partial charge in [0.1, 0.15) is 17.9 Å². The Kier molecular flexibility index (Phi) is 5.39. The van der Waals surface area contributed by atoms with Crippen LogP contribution in [-0.4, -0.2) is 17.1 Å². The molecule has 1 heterocycles. The van der Waals surface area contributed by atoms with Crippen molar-refractivity contribution in [2.75, 3.05) is 17.7 Å². The van der Waals surface area contributed by atoms with E-state index in [1.165, 1.54) is 5.56 Å². The number of benzene rings is 3. The van der Waals surface area contributed by atoms with E-state index in [1.807, 2.05) is 48.5 Å². The normalized spacial score (nSPS) is 10.6. The smallest absolute Gasteiger partial charge is 0.141 e. The number of nitrogens with one attached hydrogen (secondary N) is 2. The Morgan fingerprint density at radius 3 is 2.57 bits per heavy atom. The summed E-state index contributed by atoms with van der Waals surface area (Å²) in [5.74, 6) is 1.63. The van der Waals surface area contributed by atoms with E-state index in [1.54, 1.807) is 13.4 Å². The van der Waals surface area contributed by atoms with Crippen LogP contribution in [-0.2, 0) is 6.54 Å². The molecule has 0 aliphatic rings. The number of ether oxygens (including phenoxy) is 1. The van der Waals surface area contributed by atoms with Crippen LogP contribution in [0, 0.1) is 0 Å². The number of halogens is 1. The molecule has 3 aromatic carbocycles. The Morgan fingerprint density at radius 1 is 0.929 bits per heavy atom. The maximum Gasteiger partial charge on any atom is 0.141 e. The molecule has 0 unspecified atom stereocenters. The zero-order valence-corrected chi connectivity index (χ0v) is 16.9. The van der Waals surface area contributed by atoms with E-state index >= 15 is 0 Å². The molecule has 6 heteroatoms. The van der Waals surface area contributed by atoms with Crippen LogP contribution >= 0.6 is 15.9 Å². The van der Waals surface area contributed by atoms with Gasteiger partial charge in [-0.1, -0.05) is 34.1 Å². The molecule has 0 aliphatic carbocycles. The maximum absolute atomic E-state index is 5.21. The van der Waals surface area contributed by atoms with Crippen molar-refractivity contribution in [2.24, 2.45) is 0 Å². The van der Waals surface area contributed by atoms with Crippen molar-refractivity contribution >= 4 is 44.0 Å². The summed E-state index contributed by atoms with van der Waals surface area (Å²) in [7, 11) is 1.67. The van der Waals surface area contributed by atoms with Gasteiger partial charge in [-0.3, -0.25) is 0 Å². The molecular weight excluding hydrogens is 416 g/mol. The van der Waals surface area contributed by atoms with Crippen LogP contribution in [0.2, 0.25) is 0 Å². The molecule has 1 aromatic heterocycles. The average molecular weight is 435 g/mol. The van der Waals surface area contributed by atoms with E-state index in [-0.39, 0.29) is 0 Å². The SMILES string of the molecule is COc1ccc(CNc2ccc3ncnc(Nc4cccc(Br)c4)c3c2)cc1. The number of hydrogen-bond donors (Lipinski definition) is 2. The van der Waals surface area contributed by atoms with Gasteiger partial charge in [-0.05, 0) is 54.1 Å². The first-order valence-corrected chi connectivity index (χ1v) is 9.65. The van der Waals surface area contributed by atoms with Gasteiger partial charge in [0, 0.05) is 27.8 Å². The lowest BCUT2D eigenvalue weighted by Crippen LogP contribution is -2.00. The molecule has 140 valence electrons. The number of aromatic nitrogens is 2. The van der Waals surface area contributed by atoms with Crippen molar-refractivity contribution in [3.05, 3.63) is 83.1 Å². The van der Waals surface area contributed by atoms with Crippen molar-refractivity contribution in [3.63, 3.8) is 0 Å². The number of methoxy groups -OCH3 is 1. The molecule has 0 saturated heterocycles. The van der Waals surface area contributed by atoms with Crippen LogP contribution in [0.4, 0.5) is 17.2 Å². The second-order valence-electron chi connectivity index (χ2n) is 6.29. The Morgan fingerprint density at radius 2 is 1.79 bits per heavy atom. The van der Waals surface area contributed by atoms with Crippen molar-refractivity contribution in [3.8, 4) is 5.75 Å². The number of anilines is 3. The van der Waals surface area contributed by atoms with Gasteiger partial charge in [0.05, 0.1) is 12.6 Å². The van der Waals surface area contributed by atoms with Crippen molar-refractivity contribution in [1.82, 2.24) is 9.97 Å². The number of rotatable bonds is 6. The molecule has 0 radical (unpaired) electrons. The van der Waals surface area contributed by atoms with Crippen LogP contribution in [0.25, 0.3) is 10.9 Å². The molecule has 0 amide bonds. The summed E-state index contributed by atoms with van der Waals surface area (Å²) in [6.07, 6.45) is 1.58. The van der Waals surface area contributed by atoms with Crippen molar-refractivity contribution in [2.45, 2.75) is 6.54 Å². The van der Waals surface area contributed by atoms with Gasteiger partial charge in [-0.15, -0.1) is 0 Å². The minimum atomic E-state index is 0.720. The van der Waals surface area contributed by atoms with Gasteiger partial charge in [0.25, 0.3) is 0 Å². The zero-order valence-electron chi connectivity index (χ0n) is 15.3. The minimum Gasteiger partial charge on any atom is -0.497 e. The van der Waals surface area contributed by atoms with Crippen LogP contribution < -0.4 is 15.4 Å². The van der Waals surface area contributed by atoms with E-state index in [0.717, 1.165) is 44.9 Å². The predicted molar refractivity (Wildman–Crippen MR) is 117 cm³/mol. The van der Waals surface area contributed by atoms with Gasteiger partial charge in [-0.25, -0.2) is 9.97 Å². The quantitative estimate of drug-likeness (QED) is 0.404. The van der Waals surface area contributed by atoms with Gasteiger partial charge in [-0.2, -0.15) is 0 Å². The van der Waals surface area contributed by atoms with Crippen LogP contribution in [0.5, 0.6) is 5.75 Å². The molecule has 0 saturated carbocycles. The molecule has 0 aliphatic heterocycles. The Balaban J connectivity index is 1.56. The van der Waals surface area contributed by atoms with Crippen molar-refractivity contribution in [1.29, 1.82) is 0 Å². The fourth-order valence-electron chi connectivity index (χ4n) is 2.92. The van der Waals surface area contributed by atoms with E-state index in [2.05, 4.69) is 54.7 Å². The first-order chi connectivity index (χ1) is 13.7. The number of nitrogens with zero attached hydrogens (tertiary/aromatic N) is 2.